The molecule has 17 heavy (non-hydrogen) atoms. The maximum absolute atomic E-state index is 10.0. The third kappa shape index (κ3) is 3.52. The second-order valence-corrected chi connectivity index (χ2v) is 5.90. The fourth-order valence-electron chi connectivity index (χ4n) is 2.50. The van der Waals surface area contributed by atoms with E-state index in [0.29, 0.717) is 18.5 Å². The molecule has 0 saturated carbocycles. The van der Waals surface area contributed by atoms with Gasteiger partial charge in [-0.1, -0.05) is 6.92 Å². The van der Waals surface area contributed by atoms with Gasteiger partial charge >= 0.3 is 0 Å². The molecule has 3 atom stereocenters. The van der Waals surface area contributed by atoms with E-state index in [0.717, 1.165) is 18.7 Å². The number of aliphatic hydroxyl groups is 1. The van der Waals surface area contributed by atoms with Crippen LogP contribution >= 0.6 is 11.3 Å². The molecule has 0 bridgehead atoms. The summed E-state index contributed by atoms with van der Waals surface area (Å²) in [6, 6.07) is 2.54. The standard InChI is InChI=1S/C13H22N2OS/c1-10-8-15(2)5-3-12(10)14-7-13(16)11-4-6-17-9-11/h4,6,9-10,12-14,16H,3,5,7-8H2,1-2H3. The van der Waals surface area contributed by atoms with Crippen LogP contribution in [0.3, 0.4) is 0 Å². The van der Waals surface area contributed by atoms with Gasteiger partial charge in [0.2, 0.25) is 0 Å². The molecule has 0 aromatic carbocycles. The van der Waals surface area contributed by atoms with Crippen LogP contribution in [0.25, 0.3) is 0 Å². The highest BCUT2D eigenvalue weighted by atomic mass is 32.1. The van der Waals surface area contributed by atoms with Gasteiger partial charge in [-0.3, -0.25) is 0 Å². The number of nitrogens with one attached hydrogen (secondary N) is 1. The third-order valence-corrected chi connectivity index (χ3v) is 4.31. The molecule has 3 unspecified atom stereocenters. The maximum Gasteiger partial charge on any atom is 0.0922 e. The SMILES string of the molecule is CC1CN(C)CCC1NCC(O)c1ccsc1. The zero-order valence-corrected chi connectivity index (χ0v) is 11.4. The van der Waals surface area contributed by atoms with E-state index in [1.54, 1.807) is 11.3 Å². The minimum absolute atomic E-state index is 0.367. The Morgan fingerprint density at radius 2 is 2.47 bits per heavy atom. The lowest BCUT2D eigenvalue weighted by atomic mass is 9.94. The summed E-state index contributed by atoms with van der Waals surface area (Å²) in [5, 5.41) is 17.5. The van der Waals surface area contributed by atoms with Crippen molar-refractivity contribution in [1.29, 1.82) is 0 Å². The highest BCUT2D eigenvalue weighted by molar-refractivity contribution is 7.07. The number of hydrogen-bond donors (Lipinski definition) is 2. The molecular weight excluding hydrogens is 232 g/mol. The summed E-state index contributed by atoms with van der Waals surface area (Å²) in [4.78, 5) is 2.37. The normalized spacial score (nSPS) is 28.2. The molecule has 0 aliphatic carbocycles. The Kier molecular flexibility index (Phi) is 4.56. The topological polar surface area (TPSA) is 35.5 Å². The van der Waals surface area contributed by atoms with Gasteiger partial charge in [0, 0.05) is 19.1 Å². The minimum atomic E-state index is -0.367. The number of piperidine rings is 1. The average molecular weight is 254 g/mol. The number of likely N-dealkylation sites (tertiary alicyclic amines) is 1. The Labute approximate surface area is 107 Å². The summed E-state index contributed by atoms with van der Waals surface area (Å²) in [5.41, 5.74) is 1.03. The molecule has 1 saturated heterocycles. The van der Waals surface area contributed by atoms with Gasteiger partial charge in [-0.15, -0.1) is 0 Å². The fraction of sp³-hybridized carbons (Fsp3) is 0.692. The number of thiophene rings is 1. The van der Waals surface area contributed by atoms with Gasteiger partial charge in [-0.2, -0.15) is 11.3 Å². The van der Waals surface area contributed by atoms with Gasteiger partial charge in [0.05, 0.1) is 6.10 Å². The van der Waals surface area contributed by atoms with Crippen LogP contribution in [0.2, 0.25) is 0 Å². The highest BCUT2D eigenvalue weighted by Gasteiger charge is 2.24. The van der Waals surface area contributed by atoms with E-state index < -0.39 is 0 Å². The van der Waals surface area contributed by atoms with E-state index in [1.807, 2.05) is 16.8 Å². The second-order valence-electron chi connectivity index (χ2n) is 5.12. The molecule has 2 N–H and O–H groups in total. The molecule has 1 fully saturated rings. The molecule has 3 nitrogen and oxygen atoms in total. The van der Waals surface area contributed by atoms with Crippen LogP contribution in [0.15, 0.2) is 16.8 Å². The maximum atomic E-state index is 10.0. The Morgan fingerprint density at radius 1 is 1.65 bits per heavy atom. The Hall–Kier alpha value is -0.420. The first-order valence-electron chi connectivity index (χ1n) is 6.29. The van der Waals surface area contributed by atoms with E-state index in [2.05, 4.69) is 24.2 Å². The average Bonchev–Trinajstić information content (AvgIpc) is 2.81. The summed E-state index contributed by atoms with van der Waals surface area (Å²) in [6.45, 7) is 5.24. The molecule has 1 aromatic rings. The predicted molar refractivity (Wildman–Crippen MR) is 72.3 cm³/mol. The molecule has 1 aromatic heterocycles. The monoisotopic (exact) mass is 254 g/mol. The summed E-state index contributed by atoms with van der Waals surface area (Å²) in [7, 11) is 2.17. The molecule has 4 heteroatoms. The van der Waals surface area contributed by atoms with Gasteiger partial charge < -0.3 is 15.3 Å². The van der Waals surface area contributed by atoms with E-state index >= 15 is 0 Å². The minimum Gasteiger partial charge on any atom is -0.387 e. The van der Waals surface area contributed by atoms with Crippen molar-refractivity contribution in [3.8, 4) is 0 Å². The van der Waals surface area contributed by atoms with Gasteiger partial charge in [-0.25, -0.2) is 0 Å². The van der Waals surface area contributed by atoms with Crippen LogP contribution in [0.5, 0.6) is 0 Å². The van der Waals surface area contributed by atoms with Gasteiger partial charge in [0.15, 0.2) is 0 Å². The number of rotatable bonds is 4. The Bertz CT molecular complexity index is 328. The fourth-order valence-corrected chi connectivity index (χ4v) is 3.21. The molecule has 2 rings (SSSR count). The lowest BCUT2D eigenvalue weighted by molar-refractivity contribution is 0.137. The van der Waals surface area contributed by atoms with Crippen molar-refractivity contribution >= 4 is 11.3 Å². The number of aliphatic hydroxyl groups excluding tert-OH is 1. The van der Waals surface area contributed by atoms with Crippen LogP contribution in [0.1, 0.15) is 25.0 Å². The first kappa shape index (κ1) is 13.0. The summed E-state index contributed by atoms with van der Waals surface area (Å²) in [5.74, 6) is 0.656. The van der Waals surface area contributed by atoms with Crippen LogP contribution in [0.4, 0.5) is 0 Å². The largest absolute Gasteiger partial charge is 0.387 e. The van der Waals surface area contributed by atoms with Crippen LogP contribution in [0, 0.1) is 5.92 Å². The molecular formula is C13H22N2OS. The van der Waals surface area contributed by atoms with Crippen molar-refractivity contribution in [2.45, 2.75) is 25.5 Å². The van der Waals surface area contributed by atoms with Gasteiger partial charge in [0.25, 0.3) is 0 Å². The first-order chi connectivity index (χ1) is 8.16. The lowest BCUT2D eigenvalue weighted by Gasteiger charge is -2.35. The molecule has 96 valence electrons. The number of hydrogen-bond acceptors (Lipinski definition) is 4. The molecule has 2 heterocycles. The van der Waals surface area contributed by atoms with E-state index in [4.69, 9.17) is 0 Å². The van der Waals surface area contributed by atoms with Crippen molar-refractivity contribution in [3.63, 3.8) is 0 Å². The van der Waals surface area contributed by atoms with Crippen LogP contribution in [-0.4, -0.2) is 42.7 Å². The van der Waals surface area contributed by atoms with Crippen molar-refractivity contribution in [2.24, 2.45) is 5.92 Å². The highest BCUT2D eigenvalue weighted by Crippen LogP contribution is 2.18. The molecule has 0 spiro atoms. The molecule has 1 aliphatic heterocycles. The zero-order valence-electron chi connectivity index (χ0n) is 10.6. The molecule has 1 aliphatic rings. The van der Waals surface area contributed by atoms with E-state index in [1.165, 1.54) is 6.42 Å². The van der Waals surface area contributed by atoms with E-state index in [9.17, 15) is 5.11 Å². The second kappa shape index (κ2) is 5.96. The van der Waals surface area contributed by atoms with Crippen molar-refractivity contribution < 1.29 is 5.11 Å². The quantitative estimate of drug-likeness (QED) is 0.858. The Balaban J connectivity index is 1.78. The summed E-state index contributed by atoms with van der Waals surface area (Å²) in [6.07, 6.45) is 0.807. The number of nitrogens with zero attached hydrogens (tertiary/aromatic N) is 1. The first-order valence-corrected chi connectivity index (χ1v) is 7.23. The van der Waals surface area contributed by atoms with E-state index in [-0.39, 0.29) is 6.10 Å². The summed E-state index contributed by atoms with van der Waals surface area (Å²) < 4.78 is 0. The van der Waals surface area contributed by atoms with Crippen LogP contribution in [-0.2, 0) is 0 Å². The zero-order chi connectivity index (χ0) is 12.3. The smallest absolute Gasteiger partial charge is 0.0922 e. The van der Waals surface area contributed by atoms with Crippen molar-refractivity contribution in [2.75, 3.05) is 26.7 Å². The lowest BCUT2D eigenvalue weighted by Crippen LogP contribution is -2.47. The Morgan fingerprint density at radius 3 is 3.12 bits per heavy atom. The summed E-state index contributed by atoms with van der Waals surface area (Å²) >= 11 is 1.64. The van der Waals surface area contributed by atoms with Gasteiger partial charge in [0.1, 0.15) is 0 Å². The van der Waals surface area contributed by atoms with Crippen LogP contribution < -0.4 is 5.32 Å². The molecule has 0 amide bonds. The van der Waals surface area contributed by atoms with Gasteiger partial charge in [-0.05, 0) is 48.3 Å². The molecule has 0 radical (unpaired) electrons. The van der Waals surface area contributed by atoms with Crippen molar-refractivity contribution in [3.05, 3.63) is 22.4 Å². The predicted octanol–water partition coefficient (Wildman–Crippen LogP) is 1.71. The van der Waals surface area contributed by atoms with Crippen molar-refractivity contribution in [1.82, 2.24) is 10.2 Å². The third-order valence-electron chi connectivity index (χ3n) is 3.61.